The number of phenols is 1. The quantitative estimate of drug-likeness (QED) is 0.421. The molecule has 6 heteroatoms. The average Bonchev–Trinajstić information content (AvgIpc) is 2.83. The second-order valence-corrected chi connectivity index (χ2v) is 8.54. The van der Waals surface area contributed by atoms with Gasteiger partial charge in [0.05, 0.1) is 11.1 Å². The molecule has 3 aromatic carbocycles. The molecule has 2 heterocycles. The van der Waals surface area contributed by atoms with Crippen LogP contribution >= 0.6 is 0 Å². The molecule has 0 amide bonds. The summed E-state index contributed by atoms with van der Waals surface area (Å²) in [5.74, 6) is 1.05. The molecule has 0 unspecified atom stereocenters. The van der Waals surface area contributed by atoms with Gasteiger partial charge in [0.2, 0.25) is 0 Å². The number of ketones is 1. The summed E-state index contributed by atoms with van der Waals surface area (Å²) in [6.07, 6.45) is 1.39. The van der Waals surface area contributed by atoms with Gasteiger partial charge < -0.3 is 10.0 Å². The fourth-order valence-electron chi connectivity index (χ4n) is 4.45. The Kier molecular flexibility index (Phi) is 5.50. The van der Waals surface area contributed by atoms with Crippen molar-refractivity contribution in [2.75, 3.05) is 18.0 Å². The van der Waals surface area contributed by atoms with E-state index in [1.54, 1.807) is 24.3 Å². The van der Waals surface area contributed by atoms with Crippen molar-refractivity contribution >= 4 is 22.5 Å². The Morgan fingerprint density at radius 1 is 1.00 bits per heavy atom. The van der Waals surface area contributed by atoms with Gasteiger partial charge in [-0.2, -0.15) is 0 Å². The van der Waals surface area contributed by atoms with Gasteiger partial charge in [-0.1, -0.05) is 18.2 Å². The summed E-state index contributed by atoms with van der Waals surface area (Å²) < 4.78 is 13.2. The first-order valence-corrected chi connectivity index (χ1v) is 11.1. The number of aromatic nitrogens is 2. The number of carbonyl (C=O) groups is 1. The number of Topliss-reactive ketones (excluding diaryl/α,β-unsaturated/α-hetero) is 1. The summed E-state index contributed by atoms with van der Waals surface area (Å²) in [6.45, 7) is 3.38. The van der Waals surface area contributed by atoms with Crippen LogP contribution in [0.2, 0.25) is 0 Å². The summed E-state index contributed by atoms with van der Waals surface area (Å²) in [5, 5.41) is 11.3. The Labute approximate surface area is 191 Å². The second kappa shape index (κ2) is 8.62. The van der Waals surface area contributed by atoms with E-state index in [4.69, 9.17) is 9.97 Å². The van der Waals surface area contributed by atoms with Crippen molar-refractivity contribution in [2.45, 2.75) is 19.8 Å². The van der Waals surface area contributed by atoms with Crippen LogP contribution in [0.4, 0.5) is 10.2 Å². The molecule has 1 aliphatic rings. The number of nitrogens with zero attached hydrogens (tertiary/aromatic N) is 3. The number of carbonyl (C=O) groups excluding carboxylic acids is 1. The van der Waals surface area contributed by atoms with E-state index in [0.717, 1.165) is 22.3 Å². The van der Waals surface area contributed by atoms with Crippen LogP contribution in [0, 0.1) is 18.7 Å². The zero-order valence-electron chi connectivity index (χ0n) is 18.3. The third kappa shape index (κ3) is 4.16. The number of aromatic hydroxyl groups is 1. The first kappa shape index (κ1) is 21.1. The summed E-state index contributed by atoms with van der Waals surface area (Å²) in [5.41, 5.74) is 3.06. The Morgan fingerprint density at radius 3 is 2.45 bits per heavy atom. The van der Waals surface area contributed by atoms with E-state index in [9.17, 15) is 14.3 Å². The predicted octanol–water partition coefficient (Wildman–Crippen LogP) is 5.55. The average molecular weight is 442 g/mol. The SMILES string of the molecule is Cc1ccc2c(N3CCC(C(=O)c4ccc(F)cc4)CC3)nc(-c3ccccc3O)nc2c1. The Balaban J connectivity index is 1.45. The van der Waals surface area contributed by atoms with Crippen molar-refractivity contribution in [1.82, 2.24) is 9.97 Å². The Bertz CT molecular complexity index is 1330. The first-order chi connectivity index (χ1) is 16.0. The highest BCUT2D eigenvalue weighted by Crippen LogP contribution is 2.34. The molecular formula is C27H24FN3O2. The van der Waals surface area contributed by atoms with Crippen molar-refractivity contribution in [3.8, 4) is 17.1 Å². The zero-order chi connectivity index (χ0) is 22.9. The highest BCUT2D eigenvalue weighted by atomic mass is 19.1. The van der Waals surface area contributed by atoms with Crippen molar-refractivity contribution in [1.29, 1.82) is 0 Å². The first-order valence-electron chi connectivity index (χ1n) is 11.1. The van der Waals surface area contributed by atoms with Gasteiger partial charge in [0.1, 0.15) is 17.4 Å². The van der Waals surface area contributed by atoms with Gasteiger partial charge in [-0.15, -0.1) is 0 Å². The number of phenolic OH excluding ortho intramolecular Hbond substituents is 1. The molecule has 1 fully saturated rings. The fourth-order valence-corrected chi connectivity index (χ4v) is 4.45. The molecule has 33 heavy (non-hydrogen) atoms. The third-order valence-corrected chi connectivity index (χ3v) is 6.27. The maximum Gasteiger partial charge on any atom is 0.166 e. The van der Waals surface area contributed by atoms with Crippen molar-refractivity contribution < 1.29 is 14.3 Å². The number of anilines is 1. The molecule has 0 atom stereocenters. The lowest BCUT2D eigenvalue weighted by Gasteiger charge is -2.33. The van der Waals surface area contributed by atoms with Crippen molar-refractivity contribution in [2.24, 2.45) is 5.92 Å². The summed E-state index contributed by atoms with van der Waals surface area (Å²) >= 11 is 0. The molecular weight excluding hydrogens is 417 g/mol. The number of rotatable bonds is 4. The van der Waals surface area contributed by atoms with Crippen LogP contribution in [0.15, 0.2) is 66.7 Å². The lowest BCUT2D eigenvalue weighted by atomic mass is 9.89. The van der Waals surface area contributed by atoms with Gasteiger partial charge in [-0.3, -0.25) is 4.79 Å². The summed E-state index contributed by atoms with van der Waals surface area (Å²) in [7, 11) is 0. The minimum absolute atomic E-state index is 0.0627. The summed E-state index contributed by atoms with van der Waals surface area (Å²) in [4.78, 5) is 24.7. The smallest absolute Gasteiger partial charge is 0.166 e. The molecule has 0 bridgehead atoms. The summed E-state index contributed by atoms with van der Waals surface area (Å²) in [6, 6.07) is 18.9. The number of piperidine rings is 1. The van der Waals surface area contributed by atoms with E-state index >= 15 is 0 Å². The molecule has 5 rings (SSSR count). The largest absolute Gasteiger partial charge is 0.507 e. The van der Waals surface area contributed by atoms with Crippen LogP contribution in [0.3, 0.4) is 0 Å². The number of para-hydroxylation sites is 1. The lowest BCUT2D eigenvalue weighted by molar-refractivity contribution is 0.0900. The maximum absolute atomic E-state index is 13.2. The minimum Gasteiger partial charge on any atom is -0.507 e. The number of benzene rings is 3. The van der Waals surface area contributed by atoms with Crippen LogP contribution in [0.25, 0.3) is 22.3 Å². The standard InChI is InChI=1S/C27H24FN3O2/c1-17-6-11-21-23(16-17)29-26(22-4-2-3-5-24(22)32)30-27(21)31-14-12-19(13-15-31)25(33)18-7-9-20(28)10-8-18/h2-11,16,19,32H,12-15H2,1H3. The van der Waals surface area contributed by atoms with E-state index in [0.29, 0.717) is 42.9 Å². The molecule has 1 aromatic heterocycles. The van der Waals surface area contributed by atoms with Gasteiger partial charge in [-0.25, -0.2) is 14.4 Å². The lowest BCUT2D eigenvalue weighted by Crippen LogP contribution is -2.37. The van der Waals surface area contributed by atoms with Crippen molar-refractivity contribution in [3.05, 3.63) is 83.7 Å². The highest BCUT2D eigenvalue weighted by Gasteiger charge is 2.28. The molecule has 4 aromatic rings. The number of hydrogen-bond donors (Lipinski definition) is 1. The molecule has 1 aliphatic heterocycles. The molecule has 0 radical (unpaired) electrons. The fraction of sp³-hybridized carbons (Fsp3) is 0.222. The minimum atomic E-state index is -0.340. The van der Waals surface area contributed by atoms with Gasteiger partial charge in [0, 0.05) is 30.0 Å². The number of hydrogen-bond acceptors (Lipinski definition) is 5. The van der Waals surface area contributed by atoms with E-state index in [2.05, 4.69) is 4.90 Å². The highest BCUT2D eigenvalue weighted by molar-refractivity contribution is 5.98. The van der Waals surface area contributed by atoms with Gasteiger partial charge in [0.25, 0.3) is 0 Å². The predicted molar refractivity (Wildman–Crippen MR) is 127 cm³/mol. The molecule has 5 nitrogen and oxygen atoms in total. The Hall–Kier alpha value is -3.80. The van der Waals surface area contributed by atoms with Gasteiger partial charge in [0.15, 0.2) is 11.6 Å². The molecule has 1 saturated heterocycles. The Morgan fingerprint density at radius 2 is 1.73 bits per heavy atom. The number of aryl methyl sites for hydroxylation is 1. The normalized spacial score (nSPS) is 14.5. The molecule has 0 aliphatic carbocycles. The number of fused-ring (bicyclic) bond motifs is 1. The monoisotopic (exact) mass is 441 g/mol. The van der Waals surface area contributed by atoms with Crippen molar-refractivity contribution in [3.63, 3.8) is 0 Å². The van der Waals surface area contributed by atoms with Crippen LogP contribution in [0.5, 0.6) is 5.75 Å². The van der Waals surface area contributed by atoms with E-state index < -0.39 is 0 Å². The number of halogens is 1. The van der Waals surface area contributed by atoms with Gasteiger partial charge >= 0.3 is 0 Å². The maximum atomic E-state index is 13.2. The van der Waals surface area contributed by atoms with E-state index in [1.165, 1.54) is 12.1 Å². The van der Waals surface area contributed by atoms with E-state index in [1.807, 2.05) is 37.3 Å². The zero-order valence-corrected chi connectivity index (χ0v) is 18.3. The van der Waals surface area contributed by atoms with Crippen LogP contribution < -0.4 is 4.90 Å². The van der Waals surface area contributed by atoms with Gasteiger partial charge in [-0.05, 0) is 73.9 Å². The second-order valence-electron chi connectivity index (χ2n) is 8.54. The topological polar surface area (TPSA) is 66.3 Å². The molecule has 0 saturated carbocycles. The van der Waals surface area contributed by atoms with Crippen LogP contribution in [-0.2, 0) is 0 Å². The van der Waals surface area contributed by atoms with Crippen LogP contribution in [0.1, 0.15) is 28.8 Å². The molecule has 166 valence electrons. The molecule has 1 N–H and O–H groups in total. The third-order valence-electron chi connectivity index (χ3n) is 6.27. The van der Waals surface area contributed by atoms with Crippen LogP contribution in [-0.4, -0.2) is 33.9 Å². The van der Waals surface area contributed by atoms with E-state index in [-0.39, 0.29) is 23.3 Å². The molecule has 0 spiro atoms.